The molecule has 0 saturated carbocycles. The van der Waals surface area contributed by atoms with Gasteiger partial charge in [-0.05, 0) is 25.0 Å². The van der Waals surface area contributed by atoms with Crippen LogP contribution in [0.5, 0.6) is 0 Å². The summed E-state index contributed by atoms with van der Waals surface area (Å²) in [6.07, 6.45) is 0. The lowest BCUT2D eigenvalue weighted by Crippen LogP contribution is -2.33. The molecule has 0 N–H and O–H groups in total. The van der Waals surface area contributed by atoms with E-state index in [1.807, 2.05) is 67.6 Å². The Morgan fingerprint density at radius 3 is 1.93 bits per heavy atom. The van der Waals surface area contributed by atoms with E-state index in [1.165, 1.54) is 11.3 Å². The van der Waals surface area contributed by atoms with Crippen LogP contribution >= 0.6 is 11.3 Å². The average molecular weight is 394 g/mol. The molecule has 0 aliphatic heterocycles. The molecular formula is C22H22N2O3S. The summed E-state index contributed by atoms with van der Waals surface area (Å²) in [6.45, 7) is 4.20. The highest BCUT2D eigenvalue weighted by atomic mass is 32.1. The minimum Gasteiger partial charge on any atom is -0.451 e. The van der Waals surface area contributed by atoms with Gasteiger partial charge < -0.3 is 9.64 Å². The smallest absolute Gasteiger partial charge is 0.350 e. The molecule has 3 rings (SSSR count). The Hall–Kier alpha value is -2.99. The Morgan fingerprint density at radius 2 is 1.46 bits per heavy atom. The number of nitrogens with zero attached hydrogens (tertiary/aromatic N) is 2. The number of benzene rings is 2. The van der Waals surface area contributed by atoms with Gasteiger partial charge in [-0.1, -0.05) is 60.7 Å². The first-order chi connectivity index (χ1) is 13.5. The number of carbonyl (C=O) groups excluding carboxylic acids is 2. The maximum atomic E-state index is 12.8. The third-order valence-electron chi connectivity index (χ3n) is 4.20. The first-order valence-corrected chi connectivity index (χ1v) is 9.81. The molecule has 0 unspecified atom stereocenters. The molecule has 144 valence electrons. The molecule has 3 aromatic rings. The zero-order chi connectivity index (χ0) is 19.9. The van der Waals surface area contributed by atoms with Gasteiger partial charge in [0.15, 0.2) is 6.61 Å². The van der Waals surface area contributed by atoms with Gasteiger partial charge >= 0.3 is 5.97 Å². The van der Waals surface area contributed by atoms with E-state index >= 15 is 0 Å². The predicted molar refractivity (Wildman–Crippen MR) is 109 cm³/mol. The fraction of sp³-hybridized carbons (Fsp3) is 0.227. The van der Waals surface area contributed by atoms with E-state index in [-0.39, 0.29) is 12.5 Å². The molecule has 1 heterocycles. The number of aromatic nitrogens is 1. The minimum atomic E-state index is -0.504. The maximum absolute atomic E-state index is 12.8. The Balaban J connectivity index is 1.68. The van der Waals surface area contributed by atoms with Gasteiger partial charge in [-0.15, -0.1) is 11.3 Å². The average Bonchev–Trinajstić information content (AvgIpc) is 3.05. The van der Waals surface area contributed by atoms with Crippen molar-refractivity contribution in [2.45, 2.75) is 26.9 Å². The number of thiazole rings is 1. The largest absolute Gasteiger partial charge is 0.451 e. The first-order valence-electron chi connectivity index (χ1n) is 8.99. The van der Waals surface area contributed by atoms with Crippen LogP contribution in [0, 0.1) is 13.8 Å². The molecule has 5 nitrogen and oxygen atoms in total. The van der Waals surface area contributed by atoms with E-state index in [4.69, 9.17) is 4.74 Å². The molecule has 0 aliphatic carbocycles. The lowest BCUT2D eigenvalue weighted by molar-refractivity contribution is -0.135. The quantitative estimate of drug-likeness (QED) is 0.565. The summed E-state index contributed by atoms with van der Waals surface area (Å²) < 4.78 is 5.28. The van der Waals surface area contributed by atoms with Crippen molar-refractivity contribution in [3.8, 4) is 0 Å². The second kappa shape index (κ2) is 9.28. The Kier molecular flexibility index (Phi) is 6.55. The molecule has 1 amide bonds. The van der Waals surface area contributed by atoms with Crippen molar-refractivity contribution in [3.05, 3.63) is 87.4 Å². The molecule has 6 heteroatoms. The first kappa shape index (κ1) is 19.8. The highest BCUT2D eigenvalue weighted by molar-refractivity contribution is 7.13. The maximum Gasteiger partial charge on any atom is 0.350 e. The van der Waals surface area contributed by atoms with Crippen LogP contribution in [0.25, 0.3) is 0 Å². The number of esters is 1. The van der Waals surface area contributed by atoms with Crippen LogP contribution in [0.4, 0.5) is 0 Å². The van der Waals surface area contributed by atoms with Gasteiger partial charge in [0.1, 0.15) is 4.88 Å². The summed E-state index contributed by atoms with van der Waals surface area (Å²) in [7, 11) is 0. The van der Waals surface area contributed by atoms with Crippen LogP contribution < -0.4 is 0 Å². The molecule has 28 heavy (non-hydrogen) atoms. The zero-order valence-corrected chi connectivity index (χ0v) is 16.7. The normalized spacial score (nSPS) is 10.5. The lowest BCUT2D eigenvalue weighted by Gasteiger charge is -2.23. The van der Waals surface area contributed by atoms with Crippen LogP contribution in [-0.2, 0) is 22.6 Å². The molecule has 0 fully saturated rings. The van der Waals surface area contributed by atoms with Gasteiger partial charge in [-0.2, -0.15) is 0 Å². The van der Waals surface area contributed by atoms with Crippen molar-refractivity contribution in [3.63, 3.8) is 0 Å². The van der Waals surface area contributed by atoms with Crippen LogP contribution in [-0.4, -0.2) is 28.4 Å². The fourth-order valence-corrected chi connectivity index (χ4v) is 3.66. The van der Waals surface area contributed by atoms with Crippen LogP contribution in [0.3, 0.4) is 0 Å². The Bertz CT molecular complexity index is 897. The van der Waals surface area contributed by atoms with Crippen molar-refractivity contribution in [2.75, 3.05) is 6.61 Å². The number of aryl methyl sites for hydroxylation is 2. The molecule has 0 bridgehead atoms. The van der Waals surface area contributed by atoms with Gasteiger partial charge in [0, 0.05) is 13.1 Å². The number of amides is 1. The highest BCUT2D eigenvalue weighted by Gasteiger charge is 2.20. The van der Waals surface area contributed by atoms with Gasteiger partial charge in [0.25, 0.3) is 5.91 Å². The molecule has 0 radical (unpaired) electrons. The van der Waals surface area contributed by atoms with Crippen LogP contribution in [0.2, 0.25) is 0 Å². The summed E-state index contributed by atoms with van der Waals surface area (Å²) in [6, 6.07) is 19.5. The van der Waals surface area contributed by atoms with E-state index in [1.54, 1.807) is 11.8 Å². The van der Waals surface area contributed by atoms with Gasteiger partial charge in [0.2, 0.25) is 0 Å². The number of ether oxygens (including phenoxy) is 1. The van der Waals surface area contributed by atoms with Crippen molar-refractivity contribution in [1.82, 2.24) is 9.88 Å². The monoisotopic (exact) mass is 394 g/mol. The van der Waals surface area contributed by atoms with E-state index in [0.29, 0.717) is 23.7 Å². The summed E-state index contributed by atoms with van der Waals surface area (Å²) in [4.78, 5) is 31.5. The van der Waals surface area contributed by atoms with Crippen LogP contribution in [0.15, 0.2) is 60.7 Å². The molecule has 0 saturated heterocycles. The molecular weight excluding hydrogens is 372 g/mol. The minimum absolute atomic E-state index is 0.236. The summed E-state index contributed by atoms with van der Waals surface area (Å²) in [5, 5.41) is 0.797. The van der Waals surface area contributed by atoms with Crippen molar-refractivity contribution in [1.29, 1.82) is 0 Å². The van der Waals surface area contributed by atoms with Gasteiger partial charge in [-0.25, -0.2) is 9.78 Å². The molecule has 1 aromatic heterocycles. The second-order valence-corrected chi connectivity index (χ2v) is 7.65. The number of hydrogen-bond donors (Lipinski definition) is 0. The predicted octanol–water partition coefficient (Wildman–Crippen LogP) is 4.15. The highest BCUT2D eigenvalue weighted by Crippen LogP contribution is 2.18. The SMILES string of the molecule is Cc1nc(C)c(C(=O)OCC(=O)N(Cc2ccccc2)Cc2ccccc2)s1. The summed E-state index contributed by atoms with van der Waals surface area (Å²) in [5.41, 5.74) is 2.67. The van der Waals surface area contributed by atoms with Crippen molar-refractivity contribution in [2.24, 2.45) is 0 Å². The lowest BCUT2D eigenvalue weighted by atomic mass is 10.1. The fourth-order valence-electron chi connectivity index (χ4n) is 2.84. The number of hydrogen-bond acceptors (Lipinski definition) is 5. The summed E-state index contributed by atoms with van der Waals surface area (Å²) in [5.74, 6) is -0.740. The third kappa shape index (κ3) is 5.27. The molecule has 0 aliphatic rings. The van der Waals surface area contributed by atoms with Gasteiger partial charge in [-0.3, -0.25) is 4.79 Å². The van der Waals surface area contributed by atoms with E-state index < -0.39 is 5.97 Å². The third-order valence-corrected chi connectivity index (χ3v) is 5.25. The molecule has 2 aromatic carbocycles. The van der Waals surface area contributed by atoms with Crippen molar-refractivity contribution >= 4 is 23.2 Å². The molecule has 0 atom stereocenters. The number of carbonyl (C=O) groups is 2. The van der Waals surface area contributed by atoms with E-state index in [0.717, 1.165) is 16.1 Å². The van der Waals surface area contributed by atoms with E-state index in [2.05, 4.69) is 4.98 Å². The topological polar surface area (TPSA) is 59.5 Å². The van der Waals surface area contributed by atoms with E-state index in [9.17, 15) is 9.59 Å². The second-order valence-electron chi connectivity index (χ2n) is 6.44. The van der Waals surface area contributed by atoms with Gasteiger partial charge in [0.05, 0.1) is 10.7 Å². The standard InChI is InChI=1S/C22H22N2O3S/c1-16-21(28-17(2)23-16)22(26)27-15-20(25)24(13-18-9-5-3-6-10-18)14-19-11-7-4-8-12-19/h3-12H,13-15H2,1-2H3. The van der Waals surface area contributed by atoms with Crippen molar-refractivity contribution < 1.29 is 14.3 Å². The van der Waals surface area contributed by atoms with Crippen LogP contribution in [0.1, 0.15) is 31.5 Å². The Labute approximate surface area is 168 Å². The Morgan fingerprint density at radius 1 is 0.929 bits per heavy atom. The zero-order valence-electron chi connectivity index (χ0n) is 15.9. The summed E-state index contributed by atoms with van der Waals surface area (Å²) >= 11 is 1.28. The molecule has 0 spiro atoms. The number of rotatable bonds is 7.